The number of carboxylic acids is 1. The molecule has 0 saturated carbocycles. The third kappa shape index (κ3) is 2.69. The maximum Gasteiger partial charge on any atom is 0.310 e. The molecule has 0 bridgehead atoms. The molecule has 2 aliphatic rings. The number of aliphatic carboxylic acids is 1. The lowest BCUT2D eigenvalue weighted by Gasteiger charge is -2.27. The first-order valence-corrected chi connectivity index (χ1v) is 7.65. The monoisotopic (exact) mass is 296 g/mol. The van der Waals surface area contributed by atoms with Crippen LogP contribution in [0.1, 0.15) is 46.5 Å². The summed E-state index contributed by atoms with van der Waals surface area (Å²) >= 11 is 0. The maximum atomic E-state index is 12.4. The van der Waals surface area contributed by atoms with E-state index in [0.717, 1.165) is 6.42 Å². The molecule has 0 aliphatic carbocycles. The van der Waals surface area contributed by atoms with Gasteiger partial charge in [0.1, 0.15) is 0 Å². The molecule has 2 fully saturated rings. The van der Waals surface area contributed by atoms with Crippen molar-refractivity contribution in [2.24, 2.45) is 5.41 Å². The van der Waals surface area contributed by atoms with Crippen LogP contribution >= 0.6 is 0 Å². The van der Waals surface area contributed by atoms with Gasteiger partial charge >= 0.3 is 5.97 Å². The fraction of sp³-hybridized carbons (Fsp3) is 0.800. The zero-order valence-corrected chi connectivity index (χ0v) is 13.0. The van der Waals surface area contributed by atoms with Crippen LogP contribution in [-0.4, -0.2) is 57.9 Å². The molecule has 2 unspecified atom stereocenters. The quantitative estimate of drug-likeness (QED) is 0.769. The summed E-state index contributed by atoms with van der Waals surface area (Å²) in [4.78, 5) is 39.2. The molecule has 2 saturated heterocycles. The molecule has 2 rings (SSSR count). The molecule has 6 nitrogen and oxygen atoms in total. The van der Waals surface area contributed by atoms with Gasteiger partial charge in [-0.15, -0.1) is 0 Å². The third-order valence-electron chi connectivity index (χ3n) is 4.68. The number of likely N-dealkylation sites (tertiary alicyclic amines) is 2. The second-order valence-electron chi connectivity index (χ2n) is 6.47. The second-order valence-corrected chi connectivity index (χ2v) is 6.47. The van der Waals surface area contributed by atoms with Crippen molar-refractivity contribution in [1.29, 1.82) is 0 Å². The molecule has 6 heteroatoms. The first-order chi connectivity index (χ1) is 9.82. The van der Waals surface area contributed by atoms with Crippen LogP contribution in [0.4, 0.5) is 0 Å². The first kappa shape index (κ1) is 15.9. The van der Waals surface area contributed by atoms with Crippen LogP contribution in [0.15, 0.2) is 0 Å². The highest BCUT2D eigenvalue weighted by molar-refractivity contribution is 6.05. The number of hydrogen-bond acceptors (Lipinski definition) is 4. The van der Waals surface area contributed by atoms with E-state index in [1.54, 1.807) is 0 Å². The number of carboxylic acid groups (broad SMARTS) is 1. The SMILES string of the molecule is CCCC1(C(=O)O)CCN(C2CC(=O)N(C(C)C)C2=O)C1. The third-order valence-corrected chi connectivity index (χ3v) is 4.68. The van der Waals surface area contributed by atoms with Gasteiger partial charge in [-0.25, -0.2) is 0 Å². The first-order valence-electron chi connectivity index (χ1n) is 7.65. The number of hydrogen-bond donors (Lipinski definition) is 1. The van der Waals surface area contributed by atoms with Gasteiger partial charge in [0.15, 0.2) is 0 Å². The average Bonchev–Trinajstić information content (AvgIpc) is 2.92. The summed E-state index contributed by atoms with van der Waals surface area (Å²) in [6, 6.07) is -0.615. The summed E-state index contributed by atoms with van der Waals surface area (Å²) < 4.78 is 0. The molecule has 2 atom stereocenters. The summed E-state index contributed by atoms with van der Waals surface area (Å²) in [5.41, 5.74) is -0.761. The minimum absolute atomic E-state index is 0.141. The van der Waals surface area contributed by atoms with Crippen molar-refractivity contribution >= 4 is 17.8 Å². The predicted octanol–water partition coefficient (Wildman–Crippen LogP) is 1.10. The van der Waals surface area contributed by atoms with E-state index in [-0.39, 0.29) is 24.3 Å². The molecular weight excluding hydrogens is 272 g/mol. The van der Waals surface area contributed by atoms with Crippen molar-refractivity contribution in [2.75, 3.05) is 13.1 Å². The van der Waals surface area contributed by atoms with Gasteiger partial charge in [0.25, 0.3) is 0 Å². The van der Waals surface area contributed by atoms with Crippen molar-refractivity contribution in [3.8, 4) is 0 Å². The highest BCUT2D eigenvalue weighted by Crippen LogP contribution is 2.38. The highest BCUT2D eigenvalue weighted by atomic mass is 16.4. The van der Waals surface area contributed by atoms with E-state index in [2.05, 4.69) is 0 Å². The topological polar surface area (TPSA) is 77.9 Å². The minimum Gasteiger partial charge on any atom is -0.481 e. The van der Waals surface area contributed by atoms with Gasteiger partial charge in [0.05, 0.1) is 17.9 Å². The van der Waals surface area contributed by atoms with Crippen molar-refractivity contribution < 1.29 is 19.5 Å². The smallest absolute Gasteiger partial charge is 0.310 e. The fourth-order valence-corrected chi connectivity index (χ4v) is 3.60. The number of imide groups is 1. The molecule has 2 aliphatic heterocycles. The lowest BCUT2D eigenvalue weighted by atomic mass is 9.83. The van der Waals surface area contributed by atoms with Crippen LogP contribution in [0, 0.1) is 5.41 Å². The highest BCUT2D eigenvalue weighted by Gasteiger charge is 2.50. The van der Waals surface area contributed by atoms with Gasteiger partial charge in [0, 0.05) is 19.1 Å². The van der Waals surface area contributed by atoms with E-state index in [1.807, 2.05) is 25.7 Å². The van der Waals surface area contributed by atoms with E-state index in [9.17, 15) is 19.5 Å². The van der Waals surface area contributed by atoms with Gasteiger partial charge in [0.2, 0.25) is 11.8 Å². The van der Waals surface area contributed by atoms with Gasteiger partial charge in [-0.3, -0.25) is 24.2 Å². The second kappa shape index (κ2) is 5.75. The Morgan fingerprint density at radius 2 is 2.10 bits per heavy atom. The van der Waals surface area contributed by atoms with Crippen LogP contribution in [0.3, 0.4) is 0 Å². The zero-order valence-electron chi connectivity index (χ0n) is 13.0. The molecule has 0 aromatic rings. The standard InChI is InChI=1S/C15H24N2O4/c1-4-5-15(14(20)21)6-7-16(9-15)11-8-12(18)17(10(2)3)13(11)19/h10-11H,4-9H2,1-3H3,(H,20,21). The summed E-state index contributed by atoms with van der Waals surface area (Å²) in [6.45, 7) is 6.55. The van der Waals surface area contributed by atoms with Crippen LogP contribution in [0.25, 0.3) is 0 Å². The summed E-state index contributed by atoms with van der Waals surface area (Å²) in [7, 11) is 0. The molecule has 21 heavy (non-hydrogen) atoms. The van der Waals surface area contributed by atoms with E-state index in [1.165, 1.54) is 4.90 Å². The number of carbonyl (C=O) groups is 3. The minimum atomic E-state index is -0.788. The van der Waals surface area contributed by atoms with E-state index in [0.29, 0.717) is 25.9 Å². The van der Waals surface area contributed by atoms with Gasteiger partial charge in [-0.1, -0.05) is 13.3 Å². The normalized spacial score (nSPS) is 30.7. The van der Waals surface area contributed by atoms with E-state index < -0.39 is 17.4 Å². The van der Waals surface area contributed by atoms with Crippen molar-refractivity contribution in [1.82, 2.24) is 9.80 Å². The molecular formula is C15H24N2O4. The van der Waals surface area contributed by atoms with Crippen LogP contribution in [0.5, 0.6) is 0 Å². The van der Waals surface area contributed by atoms with Gasteiger partial charge in [-0.05, 0) is 26.7 Å². The van der Waals surface area contributed by atoms with Crippen LogP contribution in [0.2, 0.25) is 0 Å². The Labute approximate surface area is 125 Å². The molecule has 0 spiro atoms. The molecule has 0 radical (unpaired) electrons. The van der Waals surface area contributed by atoms with Gasteiger partial charge < -0.3 is 5.11 Å². The fourth-order valence-electron chi connectivity index (χ4n) is 3.60. The van der Waals surface area contributed by atoms with Gasteiger partial charge in [-0.2, -0.15) is 0 Å². The Kier molecular flexibility index (Phi) is 4.37. The van der Waals surface area contributed by atoms with Crippen LogP contribution in [-0.2, 0) is 14.4 Å². The van der Waals surface area contributed by atoms with E-state index in [4.69, 9.17) is 0 Å². The Bertz CT molecular complexity index is 463. The number of carbonyl (C=O) groups excluding carboxylic acids is 2. The summed E-state index contributed by atoms with van der Waals surface area (Å²) in [5.74, 6) is -1.11. The Morgan fingerprint density at radius 1 is 1.43 bits per heavy atom. The molecule has 0 aromatic carbocycles. The lowest BCUT2D eigenvalue weighted by Crippen LogP contribution is -2.44. The lowest BCUT2D eigenvalue weighted by molar-refractivity contribution is -0.149. The van der Waals surface area contributed by atoms with Crippen molar-refractivity contribution in [3.63, 3.8) is 0 Å². The van der Waals surface area contributed by atoms with E-state index >= 15 is 0 Å². The number of amides is 2. The maximum absolute atomic E-state index is 12.4. The van der Waals surface area contributed by atoms with Crippen LogP contribution < -0.4 is 0 Å². The molecule has 0 aromatic heterocycles. The van der Waals surface area contributed by atoms with Crippen molar-refractivity contribution in [2.45, 2.75) is 58.5 Å². The summed E-state index contributed by atoms with van der Waals surface area (Å²) in [5, 5.41) is 9.52. The Balaban J connectivity index is 2.13. The molecule has 2 heterocycles. The largest absolute Gasteiger partial charge is 0.481 e. The summed E-state index contributed by atoms with van der Waals surface area (Å²) in [6.07, 6.45) is 2.14. The molecule has 1 N–H and O–H groups in total. The Morgan fingerprint density at radius 3 is 2.57 bits per heavy atom. The molecule has 2 amide bonds. The number of nitrogens with zero attached hydrogens (tertiary/aromatic N) is 2. The van der Waals surface area contributed by atoms with Crippen molar-refractivity contribution in [3.05, 3.63) is 0 Å². The average molecular weight is 296 g/mol. The zero-order chi connectivity index (χ0) is 15.8. The molecule has 118 valence electrons. The Hall–Kier alpha value is -1.43. The predicted molar refractivity (Wildman–Crippen MR) is 76.6 cm³/mol. The number of rotatable bonds is 5.